The van der Waals surface area contributed by atoms with Crippen molar-refractivity contribution in [2.24, 2.45) is 0 Å². The molecule has 0 unspecified atom stereocenters. The van der Waals surface area contributed by atoms with Gasteiger partial charge in [0.05, 0.1) is 5.60 Å². The topological polar surface area (TPSA) is 84.0 Å². The second-order valence-corrected chi connectivity index (χ2v) is 7.30. The molecule has 25 heavy (non-hydrogen) atoms. The molecule has 0 spiro atoms. The standard InChI is InChI=1S/C8H13NO3.C8H11NO2.C2H6/c1-8(2,3)12-9-6(10)4-5-7(9)11;1-8(2,3)9-6(10)4-5-7(9)11;1-2/h4-5H2,1-3H3;4-5H,1-3H3;1-2H3. The Kier molecular flexibility index (Phi) is 8.18. The van der Waals surface area contributed by atoms with Gasteiger partial charge >= 0.3 is 0 Å². The zero-order valence-electron chi connectivity index (χ0n) is 16.5. The average molecular weight is 354 g/mol. The van der Waals surface area contributed by atoms with Gasteiger partial charge in [0.15, 0.2) is 0 Å². The Morgan fingerprint density at radius 1 is 0.800 bits per heavy atom. The van der Waals surface area contributed by atoms with Crippen molar-refractivity contribution in [1.29, 1.82) is 0 Å². The molecule has 1 fully saturated rings. The molecular weight excluding hydrogens is 324 g/mol. The van der Waals surface area contributed by atoms with E-state index in [1.807, 2.05) is 34.6 Å². The molecule has 2 aliphatic rings. The number of hydrogen-bond donors (Lipinski definition) is 0. The van der Waals surface area contributed by atoms with E-state index in [9.17, 15) is 19.2 Å². The maximum Gasteiger partial charge on any atom is 0.254 e. The van der Waals surface area contributed by atoms with Crippen LogP contribution in [0.1, 0.15) is 68.2 Å². The first kappa shape index (κ1) is 23.0. The van der Waals surface area contributed by atoms with Crippen LogP contribution in [0.2, 0.25) is 0 Å². The van der Waals surface area contributed by atoms with Gasteiger partial charge in [-0.05, 0) is 41.5 Å². The predicted molar refractivity (Wildman–Crippen MR) is 94.0 cm³/mol. The van der Waals surface area contributed by atoms with Gasteiger partial charge in [-0.15, -0.1) is 0 Å². The summed E-state index contributed by atoms with van der Waals surface area (Å²) in [5.74, 6) is -0.921. The van der Waals surface area contributed by atoms with E-state index >= 15 is 0 Å². The van der Waals surface area contributed by atoms with Crippen molar-refractivity contribution >= 4 is 23.6 Å². The molecule has 0 aromatic heterocycles. The van der Waals surface area contributed by atoms with Crippen LogP contribution in [-0.2, 0) is 24.0 Å². The van der Waals surface area contributed by atoms with E-state index in [4.69, 9.17) is 4.84 Å². The summed E-state index contributed by atoms with van der Waals surface area (Å²) in [6, 6.07) is 0. The minimum absolute atomic E-state index is 0.220. The average Bonchev–Trinajstić information content (AvgIpc) is 2.96. The second-order valence-electron chi connectivity index (χ2n) is 7.30. The van der Waals surface area contributed by atoms with Crippen LogP contribution in [0.15, 0.2) is 12.2 Å². The maximum absolute atomic E-state index is 11.0. The fraction of sp³-hybridized carbons (Fsp3) is 0.667. The zero-order valence-corrected chi connectivity index (χ0v) is 16.5. The third-order valence-corrected chi connectivity index (χ3v) is 2.85. The molecule has 142 valence electrons. The summed E-state index contributed by atoms with van der Waals surface area (Å²) in [5.41, 5.74) is -0.896. The summed E-state index contributed by atoms with van der Waals surface area (Å²) in [6.07, 6.45) is 3.14. The van der Waals surface area contributed by atoms with E-state index in [2.05, 4.69) is 0 Å². The van der Waals surface area contributed by atoms with Gasteiger partial charge in [-0.25, -0.2) is 0 Å². The predicted octanol–water partition coefficient (Wildman–Crippen LogP) is 2.60. The van der Waals surface area contributed by atoms with Gasteiger partial charge in [0, 0.05) is 30.5 Å². The van der Waals surface area contributed by atoms with Crippen molar-refractivity contribution in [3.63, 3.8) is 0 Å². The van der Waals surface area contributed by atoms with Crippen LogP contribution >= 0.6 is 0 Å². The number of nitrogens with zero attached hydrogens (tertiary/aromatic N) is 2. The molecule has 0 aliphatic carbocycles. The van der Waals surface area contributed by atoms with E-state index in [0.29, 0.717) is 0 Å². The monoisotopic (exact) mass is 354 g/mol. The van der Waals surface area contributed by atoms with E-state index in [0.717, 1.165) is 5.06 Å². The molecule has 7 nitrogen and oxygen atoms in total. The highest BCUT2D eigenvalue weighted by atomic mass is 16.7. The highest BCUT2D eigenvalue weighted by Crippen LogP contribution is 2.19. The number of carbonyl (C=O) groups is 4. The first-order valence-electron chi connectivity index (χ1n) is 8.44. The molecule has 0 bridgehead atoms. The molecule has 7 heteroatoms. The van der Waals surface area contributed by atoms with Gasteiger partial charge in [-0.1, -0.05) is 13.8 Å². The largest absolute Gasteiger partial charge is 0.272 e. The van der Waals surface area contributed by atoms with Gasteiger partial charge in [0.1, 0.15) is 0 Å². The van der Waals surface area contributed by atoms with E-state index in [1.54, 1.807) is 20.8 Å². The van der Waals surface area contributed by atoms with Crippen LogP contribution in [0.5, 0.6) is 0 Å². The highest BCUT2D eigenvalue weighted by Gasteiger charge is 2.34. The highest BCUT2D eigenvalue weighted by molar-refractivity contribution is 6.13. The van der Waals surface area contributed by atoms with Crippen molar-refractivity contribution in [3.05, 3.63) is 12.2 Å². The van der Waals surface area contributed by atoms with Crippen molar-refractivity contribution < 1.29 is 24.0 Å². The lowest BCUT2D eigenvalue weighted by Crippen LogP contribution is -2.45. The summed E-state index contributed by atoms with van der Waals surface area (Å²) in [4.78, 5) is 50.6. The van der Waals surface area contributed by atoms with Gasteiger partial charge in [-0.2, -0.15) is 5.06 Å². The van der Waals surface area contributed by atoms with Crippen LogP contribution in [0.25, 0.3) is 0 Å². The first-order valence-corrected chi connectivity index (χ1v) is 8.44. The smallest absolute Gasteiger partial charge is 0.254 e. The molecule has 2 aliphatic heterocycles. The lowest BCUT2D eigenvalue weighted by atomic mass is 10.1. The second kappa shape index (κ2) is 8.89. The molecule has 0 atom stereocenters. The number of carbonyl (C=O) groups excluding carboxylic acids is 4. The van der Waals surface area contributed by atoms with Crippen LogP contribution in [0, 0.1) is 0 Å². The zero-order chi connectivity index (χ0) is 20.0. The van der Waals surface area contributed by atoms with Gasteiger partial charge in [0.25, 0.3) is 23.6 Å². The van der Waals surface area contributed by atoms with Crippen molar-refractivity contribution in [3.8, 4) is 0 Å². The number of imide groups is 2. The molecule has 2 rings (SSSR count). The van der Waals surface area contributed by atoms with E-state index in [1.165, 1.54) is 17.1 Å². The number of rotatable bonds is 1. The minimum atomic E-state index is -0.490. The molecule has 0 aromatic rings. The fourth-order valence-corrected chi connectivity index (χ4v) is 1.99. The van der Waals surface area contributed by atoms with Crippen LogP contribution < -0.4 is 0 Å². The van der Waals surface area contributed by atoms with E-state index < -0.39 is 11.1 Å². The Morgan fingerprint density at radius 3 is 1.40 bits per heavy atom. The molecule has 2 heterocycles. The third kappa shape index (κ3) is 7.17. The molecule has 4 amide bonds. The molecule has 0 radical (unpaired) electrons. The fourth-order valence-electron chi connectivity index (χ4n) is 1.99. The molecule has 0 aromatic carbocycles. The number of hydrogen-bond acceptors (Lipinski definition) is 5. The molecule has 0 saturated carbocycles. The summed E-state index contributed by atoms with van der Waals surface area (Å²) >= 11 is 0. The van der Waals surface area contributed by atoms with Gasteiger partial charge in [0.2, 0.25) is 0 Å². The summed E-state index contributed by atoms with van der Waals surface area (Å²) in [6.45, 7) is 14.9. The maximum atomic E-state index is 11.0. The first-order chi connectivity index (χ1) is 11.3. The minimum Gasteiger partial charge on any atom is -0.272 e. The number of amides is 4. The Balaban J connectivity index is 0.000000421. The van der Waals surface area contributed by atoms with E-state index in [-0.39, 0.29) is 36.5 Å². The van der Waals surface area contributed by atoms with Crippen LogP contribution in [0.3, 0.4) is 0 Å². The third-order valence-electron chi connectivity index (χ3n) is 2.85. The quantitative estimate of drug-likeness (QED) is 0.676. The molecular formula is C18H30N2O5. The summed E-state index contributed by atoms with van der Waals surface area (Å²) in [5, 5.41) is 0.875. The van der Waals surface area contributed by atoms with Gasteiger partial charge < -0.3 is 0 Å². The van der Waals surface area contributed by atoms with Crippen LogP contribution in [0.4, 0.5) is 0 Å². The molecule has 1 saturated heterocycles. The number of hydroxylamine groups is 2. The Bertz CT molecular complexity index is 519. The van der Waals surface area contributed by atoms with Gasteiger partial charge in [-0.3, -0.25) is 28.9 Å². The lowest BCUT2D eigenvalue weighted by molar-refractivity contribution is -0.218. The summed E-state index contributed by atoms with van der Waals surface area (Å²) < 4.78 is 0. The van der Waals surface area contributed by atoms with Crippen molar-refractivity contribution in [1.82, 2.24) is 9.96 Å². The Labute approximate surface area is 149 Å². The Morgan fingerprint density at radius 2 is 1.16 bits per heavy atom. The molecule has 0 N–H and O–H groups in total. The van der Waals surface area contributed by atoms with Crippen molar-refractivity contribution in [2.75, 3.05) is 0 Å². The SMILES string of the molecule is CC.CC(C)(C)N1C(=O)C=CC1=O.CC(C)(C)ON1C(=O)CCC1=O. The Hall–Kier alpha value is -2.02. The van der Waals surface area contributed by atoms with Crippen molar-refractivity contribution in [2.45, 2.75) is 79.4 Å². The van der Waals surface area contributed by atoms with Crippen LogP contribution in [-0.4, -0.2) is 44.7 Å². The lowest BCUT2D eigenvalue weighted by Gasteiger charge is -2.29. The normalized spacial score (nSPS) is 17.4. The summed E-state index contributed by atoms with van der Waals surface area (Å²) in [7, 11) is 0.